The molecular formula is C13H14N2O4S. The van der Waals surface area contributed by atoms with Crippen LogP contribution in [0.5, 0.6) is 5.75 Å². The lowest BCUT2D eigenvalue weighted by Crippen LogP contribution is -2.14. The first-order chi connectivity index (χ1) is 9.76. The van der Waals surface area contributed by atoms with Crippen LogP contribution in [-0.4, -0.2) is 29.3 Å². The van der Waals surface area contributed by atoms with Gasteiger partial charge in [-0.25, -0.2) is 4.79 Å². The fourth-order valence-electron chi connectivity index (χ4n) is 1.52. The SMILES string of the molecule is CCOC(=O)c1nnsc1[C@@H](OC)Oc1ccccc1. The molecule has 1 heterocycles. The van der Waals surface area contributed by atoms with E-state index in [0.717, 1.165) is 11.5 Å². The molecular weight excluding hydrogens is 280 g/mol. The van der Waals surface area contributed by atoms with E-state index >= 15 is 0 Å². The van der Waals surface area contributed by atoms with Gasteiger partial charge in [0.05, 0.1) is 6.61 Å². The Bertz CT molecular complexity index is 559. The van der Waals surface area contributed by atoms with Gasteiger partial charge in [0.1, 0.15) is 10.6 Å². The molecule has 0 amide bonds. The summed E-state index contributed by atoms with van der Waals surface area (Å²) in [6.45, 7) is 2.00. The van der Waals surface area contributed by atoms with Gasteiger partial charge >= 0.3 is 5.97 Å². The van der Waals surface area contributed by atoms with E-state index in [2.05, 4.69) is 9.59 Å². The number of carbonyl (C=O) groups excluding carboxylic acids is 1. The topological polar surface area (TPSA) is 70.5 Å². The summed E-state index contributed by atoms with van der Waals surface area (Å²) in [4.78, 5) is 12.3. The minimum atomic E-state index is -0.753. The van der Waals surface area contributed by atoms with Gasteiger partial charge in [0, 0.05) is 7.11 Å². The molecule has 6 nitrogen and oxygen atoms in total. The van der Waals surface area contributed by atoms with E-state index in [1.54, 1.807) is 19.1 Å². The Kier molecular flexibility index (Phi) is 5.03. The van der Waals surface area contributed by atoms with E-state index in [9.17, 15) is 4.79 Å². The van der Waals surface area contributed by atoms with Gasteiger partial charge in [-0.15, -0.1) is 5.10 Å². The third kappa shape index (κ3) is 3.31. The minimum Gasteiger partial charge on any atom is -0.461 e. The van der Waals surface area contributed by atoms with E-state index in [1.165, 1.54) is 7.11 Å². The van der Waals surface area contributed by atoms with E-state index < -0.39 is 12.3 Å². The Labute approximate surface area is 120 Å². The molecule has 7 heteroatoms. The standard InChI is InChI=1S/C13H14N2O4S/c1-3-18-12(16)10-11(20-15-14-10)13(17-2)19-9-7-5-4-6-8-9/h4-8,13H,3H2,1-2H3/t13-/m0/s1. The predicted octanol–water partition coefficient (Wildman–Crippen LogP) is 2.44. The molecule has 0 aliphatic carbocycles. The first-order valence-electron chi connectivity index (χ1n) is 6.00. The van der Waals surface area contributed by atoms with Crippen molar-refractivity contribution < 1.29 is 19.0 Å². The van der Waals surface area contributed by atoms with Crippen LogP contribution in [-0.2, 0) is 9.47 Å². The van der Waals surface area contributed by atoms with Gasteiger partial charge in [0.25, 0.3) is 0 Å². The van der Waals surface area contributed by atoms with Crippen LogP contribution in [0.1, 0.15) is 28.6 Å². The number of aromatic nitrogens is 2. The summed E-state index contributed by atoms with van der Waals surface area (Å²) in [6.07, 6.45) is -0.753. The molecule has 0 fully saturated rings. The van der Waals surface area contributed by atoms with Gasteiger partial charge < -0.3 is 14.2 Å². The number of hydrogen-bond donors (Lipinski definition) is 0. The molecule has 0 bridgehead atoms. The third-order valence-corrected chi connectivity index (χ3v) is 3.14. The van der Waals surface area contributed by atoms with Crippen LogP contribution in [0.2, 0.25) is 0 Å². The number of esters is 1. The van der Waals surface area contributed by atoms with Crippen molar-refractivity contribution in [2.75, 3.05) is 13.7 Å². The molecule has 0 saturated carbocycles. The Morgan fingerprint density at radius 2 is 2.10 bits per heavy atom. The molecule has 2 rings (SSSR count). The second-order valence-electron chi connectivity index (χ2n) is 3.70. The number of benzene rings is 1. The molecule has 1 aromatic heterocycles. The van der Waals surface area contributed by atoms with Crippen molar-refractivity contribution in [1.29, 1.82) is 0 Å². The summed E-state index contributed by atoms with van der Waals surface area (Å²) >= 11 is 1.04. The average Bonchev–Trinajstić information content (AvgIpc) is 2.95. The predicted molar refractivity (Wildman–Crippen MR) is 72.7 cm³/mol. The number of para-hydroxylation sites is 1. The van der Waals surface area contributed by atoms with E-state index in [-0.39, 0.29) is 12.3 Å². The highest BCUT2D eigenvalue weighted by molar-refractivity contribution is 7.05. The van der Waals surface area contributed by atoms with Gasteiger partial charge in [-0.05, 0) is 30.6 Å². The molecule has 0 aliphatic heterocycles. The zero-order valence-corrected chi connectivity index (χ0v) is 11.9. The van der Waals surface area contributed by atoms with E-state index in [0.29, 0.717) is 10.6 Å². The minimum absolute atomic E-state index is 0.125. The second-order valence-corrected chi connectivity index (χ2v) is 4.49. The normalized spacial score (nSPS) is 11.9. The molecule has 0 N–H and O–H groups in total. The lowest BCUT2D eigenvalue weighted by Gasteiger charge is -2.16. The van der Waals surface area contributed by atoms with Gasteiger partial charge in [-0.3, -0.25) is 0 Å². The van der Waals surface area contributed by atoms with Crippen LogP contribution in [0, 0.1) is 0 Å². The Morgan fingerprint density at radius 3 is 2.75 bits per heavy atom. The molecule has 106 valence electrons. The molecule has 0 spiro atoms. The molecule has 20 heavy (non-hydrogen) atoms. The van der Waals surface area contributed by atoms with Crippen molar-refractivity contribution in [2.24, 2.45) is 0 Å². The number of carbonyl (C=O) groups is 1. The second kappa shape index (κ2) is 6.97. The quantitative estimate of drug-likeness (QED) is 0.602. The van der Waals surface area contributed by atoms with Crippen molar-refractivity contribution in [3.05, 3.63) is 40.9 Å². The highest BCUT2D eigenvalue weighted by Gasteiger charge is 2.26. The smallest absolute Gasteiger partial charge is 0.360 e. The van der Waals surface area contributed by atoms with Gasteiger partial charge in [0.2, 0.25) is 6.29 Å². The summed E-state index contributed by atoms with van der Waals surface area (Å²) in [5.41, 5.74) is 0.125. The summed E-state index contributed by atoms with van der Waals surface area (Å²) < 4.78 is 19.6. The Morgan fingerprint density at radius 1 is 1.35 bits per heavy atom. The van der Waals surface area contributed by atoms with Crippen LogP contribution in [0.4, 0.5) is 0 Å². The maximum absolute atomic E-state index is 11.8. The molecule has 0 saturated heterocycles. The first kappa shape index (κ1) is 14.4. The Balaban J connectivity index is 2.20. The van der Waals surface area contributed by atoms with Gasteiger partial charge in [0.15, 0.2) is 5.69 Å². The van der Waals surface area contributed by atoms with Crippen molar-refractivity contribution in [1.82, 2.24) is 9.59 Å². The average molecular weight is 294 g/mol. The molecule has 1 atom stereocenters. The lowest BCUT2D eigenvalue weighted by molar-refractivity contribution is -0.0544. The number of rotatable bonds is 6. The monoisotopic (exact) mass is 294 g/mol. The zero-order valence-electron chi connectivity index (χ0n) is 11.1. The van der Waals surface area contributed by atoms with Crippen molar-refractivity contribution in [3.63, 3.8) is 0 Å². The lowest BCUT2D eigenvalue weighted by atomic mass is 10.3. The van der Waals surface area contributed by atoms with Crippen LogP contribution in [0.15, 0.2) is 30.3 Å². The van der Waals surface area contributed by atoms with Gasteiger partial charge in [-0.1, -0.05) is 22.7 Å². The number of methoxy groups -OCH3 is 1. The fourth-order valence-corrected chi connectivity index (χ4v) is 2.18. The highest BCUT2D eigenvalue weighted by atomic mass is 32.1. The Hall–Kier alpha value is -1.99. The molecule has 0 unspecified atom stereocenters. The summed E-state index contributed by atoms with van der Waals surface area (Å²) in [5, 5.41) is 3.78. The van der Waals surface area contributed by atoms with Crippen molar-refractivity contribution >= 4 is 17.5 Å². The molecule has 0 radical (unpaired) electrons. The van der Waals surface area contributed by atoms with E-state index in [4.69, 9.17) is 14.2 Å². The van der Waals surface area contributed by atoms with Crippen molar-refractivity contribution in [2.45, 2.75) is 13.2 Å². The molecule has 1 aromatic carbocycles. The number of nitrogens with zero attached hydrogens (tertiary/aromatic N) is 2. The van der Waals surface area contributed by atoms with E-state index in [1.807, 2.05) is 18.2 Å². The van der Waals surface area contributed by atoms with Gasteiger partial charge in [-0.2, -0.15) is 0 Å². The van der Waals surface area contributed by atoms with Crippen LogP contribution in [0.25, 0.3) is 0 Å². The van der Waals surface area contributed by atoms with Crippen LogP contribution < -0.4 is 4.74 Å². The van der Waals surface area contributed by atoms with Crippen molar-refractivity contribution in [3.8, 4) is 5.75 Å². The van der Waals surface area contributed by atoms with Crippen LogP contribution in [0.3, 0.4) is 0 Å². The maximum atomic E-state index is 11.8. The molecule has 2 aromatic rings. The largest absolute Gasteiger partial charge is 0.461 e. The third-order valence-electron chi connectivity index (χ3n) is 2.40. The summed E-state index contributed by atoms with van der Waals surface area (Å²) in [5.74, 6) is 0.0949. The number of ether oxygens (including phenoxy) is 3. The summed E-state index contributed by atoms with van der Waals surface area (Å²) in [6, 6.07) is 9.17. The van der Waals surface area contributed by atoms with Crippen LogP contribution >= 0.6 is 11.5 Å². The first-order valence-corrected chi connectivity index (χ1v) is 6.77. The number of hydrogen-bond acceptors (Lipinski definition) is 7. The summed E-state index contributed by atoms with van der Waals surface area (Å²) in [7, 11) is 1.49. The highest BCUT2D eigenvalue weighted by Crippen LogP contribution is 2.27. The maximum Gasteiger partial charge on any atom is 0.360 e. The zero-order chi connectivity index (χ0) is 14.4. The fraction of sp³-hybridized carbons (Fsp3) is 0.308. The molecule has 0 aliphatic rings.